The van der Waals surface area contributed by atoms with Crippen LogP contribution in [0.25, 0.3) is 0 Å². The molecule has 0 fully saturated rings. The molecule has 0 bridgehead atoms. The molecule has 2 rings (SSSR count). The van der Waals surface area contributed by atoms with E-state index in [9.17, 15) is 4.79 Å². The summed E-state index contributed by atoms with van der Waals surface area (Å²) in [7, 11) is 1.52. The van der Waals surface area contributed by atoms with Crippen molar-refractivity contribution in [1.82, 2.24) is 0 Å². The quantitative estimate of drug-likeness (QED) is 0.792. The Labute approximate surface area is 95.0 Å². The molecule has 1 heterocycles. The minimum Gasteiger partial charge on any atom is -0.375 e. The fourth-order valence-corrected chi connectivity index (χ4v) is 2.06. The van der Waals surface area contributed by atoms with Crippen LogP contribution in [0.1, 0.15) is 5.56 Å². The summed E-state index contributed by atoms with van der Waals surface area (Å²) in [6.07, 6.45) is 0.826. The summed E-state index contributed by atoms with van der Waals surface area (Å²) in [5.41, 5.74) is 8.03. The number of benzene rings is 1. The Kier molecular flexibility index (Phi) is 3.22. The lowest BCUT2D eigenvalue weighted by Gasteiger charge is -2.32. The minimum absolute atomic E-state index is 0.00991. The summed E-state index contributed by atoms with van der Waals surface area (Å²) in [5.74, 6) is -0.0369. The van der Waals surface area contributed by atoms with Crippen LogP contribution in [-0.4, -0.2) is 32.2 Å². The molecule has 1 aromatic carbocycles. The first kappa shape index (κ1) is 11.1. The number of anilines is 1. The third-order valence-corrected chi connectivity index (χ3v) is 2.75. The Balaban J connectivity index is 2.30. The van der Waals surface area contributed by atoms with Crippen LogP contribution in [0, 0.1) is 0 Å². The predicted molar refractivity (Wildman–Crippen MR) is 62.4 cm³/mol. The van der Waals surface area contributed by atoms with Gasteiger partial charge in [0.05, 0.1) is 0 Å². The lowest BCUT2D eigenvalue weighted by molar-refractivity contribution is -0.122. The Morgan fingerprint density at radius 2 is 2.31 bits per heavy atom. The highest BCUT2D eigenvalue weighted by molar-refractivity contribution is 5.95. The predicted octanol–water partition coefficient (Wildman–Crippen LogP) is 0.549. The van der Waals surface area contributed by atoms with E-state index in [-0.39, 0.29) is 18.6 Å². The second-order valence-corrected chi connectivity index (χ2v) is 4.03. The molecule has 0 spiro atoms. The number of amides is 1. The molecule has 0 saturated heterocycles. The molecule has 4 heteroatoms. The van der Waals surface area contributed by atoms with Crippen molar-refractivity contribution in [2.24, 2.45) is 5.73 Å². The Hall–Kier alpha value is -1.39. The second kappa shape index (κ2) is 4.63. The lowest BCUT2D eigenvalue weighted by atomic mass is 9.98. The summed E-state index contributed by atoms with van der Waals surface area (Å²) in [6, 6.07) is 7.88. The Morgan fingerprint density at radius 3 is 3.06 bits per heavy atom. The van der Waals surface area contributed by atoms with Crippen molar-refractivity contribution in [1.29, 1.82) is 0 Å². The average molecular weight is 220 g/mol. The smallest absolute Gasteiger partial charge is 0.253 e. The zero-order valence-electron chi connectivity index (χ0n) is 9.35. The highest BCUT2D eigenvalue weighted by Gasteiger charge is 2.25. The van der Waals surface area contributed by atoms with E-state index in [0.29, 0.717) is 6.54 Å². The van der Waals surface area contributed by atoms with Gasteiger partial charge in [-0.15, -0.1) is 0 Å². The molecule has 4 nitrogen and oxygen atoms in total. The molecule has 86 valence electrons. The normalized spacial score (nSPS) is 19.4. The van der Waals surface area contributed by atoms with Gasteiger partial charge >= 0.3 is 0 Å². The number of carbonyl (C=O) groups is 1. The van der Waals surface area contributed by atoms with Crippen molar-refractivity contribution in [2.75, 3.05) is 25.2 Å². The number of nitrogens with two attached hydrogens (primary N) is 1. The van der Waals surface area contributed by atoms with Gasteiger partial charge in [-0.1, -0.05) is 18.2 Å². The molecular weight excluding hydrogens is 204 g/mol. The first-order valence-corrected chi connectivity index (χ1v) is 5.35. The van der Waals surface area contributed by atoms with Gasteiger partial charge < -0.3 is 15.4 Å². The molecule has 0 aromatic heterocycles. The SMILES string of the molecule is COCC(=O)N1CC(N)Cc2ccccc21. The number of fused-ring (bicyclic) bond motifs is 1. The molecule has 0 radical (unpaired) electrons. The van der Waals surface area contributed by atoms with Crippen molar-refractivity contribution >= 4 is 11.6 Å². The van der Waals surface area contributed by atoms with Gasteiger partial charge in [0.15, 0.2) is 0 Å². The number of para-hydroxylation sites is 1. The van der Waals surface area contributed by atoms with E-state index in [0.717, 1.165) is 17.7 Å². The maximum Gasteiger partial charge on any atom is 0.253 e. The molecule has 0 aliphatic carbocycles. The van der Waals surface area contributed by atoms with Crippen molar-refractivity contribution < 1.29 is 9.53 Å². The van der Waals surface area contributed by atoms with Crippen molar-refractivity contribution in [3.8, 4) is 0 Å². The minimum atomic E-state index is -0.0369. The standard InChI is InChI=1S/C12H16N2O2/c1-16-8-12(15)14-7-10(13)6-9-4-2-3-5-11(9)14/h2-5,10H,6-8,13H2,1H3. The second-order valence-electron chi connectivity index (χ2n) is 4.03. The lowest BCUT2D eigenvalue weighted by Crippen LogP contribution is -2.47. The number of rotatable bonds is 2. The topological polar surface area (TPSA) is 55.6 Å². The Bertz CT molecular complexity index is 392. The molecule has 2 N–H and O–H groups in total. The largest absolute Gasteiger partial charge is 0.375 e. The monoisotopic (exact) mass is 220 g/mol. The van der Waals surface area contributed by atoms with Gasteiger partial charge in [-0.05, 0) is 18.1 Å². The van der Waals surface area contributed by atoms with Gasteiger partial charge in [0.1, 0.15) is 6.61 Å². The fraction of sp³-hybridized carbons (Fsp3) is 0.417. The maximum absolute atomic E-state index is 11.9. The third-order valence-electron chi connectivity index (χ3n) is 2.75. The van der Waals surface area contributed by atoms with Gasteiger partial charge in [0, 0.05) is 25.4 Å². The highest BCUT2D eigenvalue weighted by Crippen LogP contribution is 2.26. The molecule has 1 unspecified atom stereocenters. The molecule has 1 atom stereocenters. The fourth-order valence-electron chi connectivity index (χ4n) is 2.06. The van der Waals surface area contributed by atoms with Crippen LogP contribution in [0.5, 0.6) is 0 Å². The number of carbonyl (C=O) groups excluding carboxylic acids is 1. The van der Waals surface area contributed by atoms with Crippen molar-refractivity contribution in [3.05, 3.63) is 29.8 Å². The van der Waals surface area contributed by atoms with Gasteiger partial charge in [0.2, 0.25) is 0 Å². The summed E-state index contributed by atoms with van der Waals surface area (Å²) in [5, 5.41) is 0. The van der Waals surface area contributed by atoms with Crippen molar-refractivity contribution in [3.63, 3.8) is 0 Å². The summed E-state index contributed by atoms with van der Waals surface area (Å²) in [4.78, 5) is 13.6. The van der Waals surface area contributed by atoms with Crippen LogP contribution in [0.15, 0.2) is 24.3 Å². The van der Waals surface area contributed by atoms with Crippen LogP contribution < -0.4 is 10.6 Å². The van der Waals surface area contributed by atoms with E-state index in [2.05, 4.69) is 0 Å². The first-order chi connectivity index (χ1) is 7.72. The molecule has 0 saturated carbocycles. The average Bonchev–Trinajstić information content (AvgIpc) is 2.28. The zero-order chi connectivity index (χ0) is 11.5. The van der Waals surface area contributed by atoms with Gasteiger partial charge in [-0.3, -0.25) is 4.79 Å². The summed E-state index contributed by atoms with van der Waals surface area (Å²) < 4.78 is 4.88. The van der Waals surface area contributed by atoms with Gasteiger partial charge in [-0.25, -0.2) is 0 Å². The number of nitrogens with zero attached hydrogens (tertiary/aromatic N) is 1. The molecule has 1 aliphatic heterocycles. The third kappa shape index (κ3) is 2.08. The van der Waals surface area contributed by atoms with E-state index in [1.807, 2.05) is 24.3 Å². The Morgan fingerprint density at radius 1 is 1.56 bits per heavy atom. The number of ether oxygens (including phenoxy) is 1. The van der Waals surface area contributed by atoms with E-state index >= 15 is 0 Å². The van der Waals surface area contributed by atoms with Crippen LogP contribution in [0.2, 0.25) is 0 Å². The van der Waals surface area contributed by atoms with Crippen molar-refractivity contribution in [2.45, 2.75) is 12.5 Å². The van der Waals surface area contributed by atoms with Gasteiger partial charge in [-0.2, -0.15) is 0 Å². The van der Waals surface area contributed by atoms with E-state index in [1.54, 1.807) is 4.90 Å². The van der Waals surface area contributed by atoms with Crippen LogP contribution in [0.3, 0.4) is 0 Å². The summed E-state index contributed by atoms with van der Waals surface area (Å²) >= 11 is 0. The summed E-state index contributed by atoms with van der Waals surface area (Å²) in [6.45, 7) is 0.667. The number of hydrogen-bond donors (Lipinski definition) is 1. The van der Waals surface area contributed by atoms with E-state index < -0.39 is 0 Å². The molecule has 1 aromatic rings. The van der Waals surface area contributed by atoms with Crippen LogP contribution >= 0.6 is 0 Å². The zero-order valence-corrected chi connectivity index (χ0v) is 9.35. The molecular formula is C12H16N2O2. The van der Waals surface area contributed by atoms with Crippen LogP contribution in [-0.2, 0) is 16.0 Å². The van der Waals surface area contributed by atoms with E-state index in [4.69, 9.17) is 10.5 Å². The first-order valence-electron chi connectivity index (χ1n) is 5.35. The molecule has 1 aliphatic rings. The highest BCUT2D eigenvalue weighted by atomic mass is 16.5. The maximum atomic E-state index is 11.9. The molecule has 16 heavy (non-hydrogen) atoms. The number of methoxy groups -OCH3 is 1. The number of hydrogen-bond acceptors (Lipinski definition) is 3. The van der Waals surface area contributed by atoms with E-state index in [1.165, 1.54) is 7.11 Å². The molecule has 1 amide bonds. The van der Waals surface area contributed by atoms with Gasteiger partial charge in [0.25, 0.3) is 5.91 Å². The van der Waals surface area contributed by atoms with Crippen LogP contribution in [0.4, 0.5) is 5.69 Å².